The molecule has 2 rings (SSSR count). The van der Waals surface area contributed by atoms with E-state index in [4.69, 9.17) is 5.73 Å². The predicted molar refractivity (Wildman–Crippen MR) is 117 cm³/mol. The first-order valence-corrected chi connectivity index (χ1v) is 10.7. The molecule has 10 nitrogen and oxygen atoms in total. The first-order valence-electron chi connectivity index (χ1n) is 10.7. The maximum Gasteiger partial charge on any atom is 0.326 e. The van der Waals surface area contributed by atoms with Gasteiger partial charge in [-0.1, -0.05) is 0 Å². The second-order valence-electron chi connectivity index (χ2n) is 7.82. The number of benzene rings is 1. The summed E-state index contributed by atoms with van der Waals surface area (Å²) in [5.41, 5.74) is 3.02. The van der Waals surface area contributed by atoms with Gasteiger partial charge in [0.1, 0.15) is 11.7 Å². The Balaban J connectivity index is 2.69. The lowest BCUT2D eigenvalue weighted by Gasteiger charge is -2.31. The molecule has 0 unspecified atom stereocenters. The number of carboxylic acid groups (broad SMARTS) is 1. The number of nitro benzene ring substituents is 1. The van der Waals surface area contributed by atoms with Gasteiger partial charge in [-0.15, -0.1) is 0 Å². The number of aliphatic hydroxyl groups is 1. The van der Waals surface area contributed by atoms with Crippen LogP contribution in [0.15, 0.2) is 0 Å². The molecule has 1 heterocycles. The van der Waals surface area contributed by atoms with Gasteiger partial charge in [-0.25, -0.2) is 13.6 Å². The Bertz CT molecular complexity index is 820. The molecule has 5 N–H and O–H groups in total. The fourth-order valence-corrected chi connectivity index (χ4v) is 3.89. The number of piperidine rings is 1. The van der Waals surface area contributed by atoms with E-state index in [0.29, 0.717) is 45.3 Å². The Morgan fingerprint density at radius 1 is 1.28 bits per heavy atom. The molecule has 0 spiro atoms. The minimum atomic E-state index is -1.33. The molecule has 0 aromatic heterocycles. The molecule has 1 aliphatic rings. The monoisotopic (exact) mass is 459 g/mol. The average Bonchev–Trinajstić information content (AvgIpc) is 2.74. The number of aliphatic carboxylic acids is 1. The molecule has 0 saturated carbocycles. The number of hydrogen-bond donors (Lipinski definition) is 4. The van der Waals surface area contributed by atoms with Crippen molar-refractivity contribution in [2.45, 2.75) is 44.6 Å². The number of likely N-dealkylation sites (N-methyl/N-ethyl adjacent to an activating group) is 1. The predicted octanol–water partition coefficient (Wildman–Crippen LogP) is 2.29. The Morgan fingerprint density at radius 2 is 1.94 bits per heavy atom. The van der Waals surface area contributed by atoms with Gasteiger partial charge in [-0.3, -0.25) is 10.1 Å². The number of carboxylic acids is 1. The van der Waals surface area contributed by atoms with Crippen LogP contribution < -0.4 is 20.9 Å². The molecular weight excluding hydrogens is 428 g/mol. The summed E-state index contributed by atoms with van der Waals surface area (Å²) >= 11 is 0. The molecule has 0 bridgehead atoms. The summed E-state index contributed by atoms with van der Waals surface area (Å²) < 4.78 is 31.1. The van der Waals surface area contributed by atoms with Crippen molar-refractivity contribution in [1.82, 2.24) is 0 Å². The Kier molecular flexibility index (Phi) is 9.39. The third-order valence-electron chi connectivity index (χ3n) is 5.54. The summed E-state index contributed by atoms with van der Waals surface area (Å²) in [6, 6.07) is -1.33. The van der Waals surface area contributed by atoms with E-state index < -0.39 is 52.2 Å². The summed E-state index contributed by atoms with van der Waals surface area (Å²) in [7, 11) is 1.35. The highest BCUT2D eigenvalue weighted by atomic mass is 19.1. The zero-order valence-electron chi connectivity index (χ0n) is 18.1. The molecule has 1 aliphatic heterocycles. The van der Waals surface area contributed by atoms with E-state index in [1.165, 1.54) is 11.9 Å². The second kappa shape index (κ2) is 11.8. The minimum Gasteiger partial charge on any atom is -0.480 e. The van der Waals surface area contributed by atoms with Crippen molar-refractivity contribution in [2.24, 2.45) is 5.73 Å². The first kappa shape index (κ1) is 25.5. The first-order chi connectivity index (χ1) is 15.2. The van der Waals surface area contributed by atoms with Gasteiger partial charge in [-0.2, -0.15) is 0 Å². The number of nitrogens with one attached hydrogen (secondary N) is 1. The smallest absolute Gasteiger partial charge is 0.326 e. The fourth-order valence-electron chi connectivity index (χ4n) is 3.89. The van der Waals surface area contributed by atoms with Gasteiger partial charge < -0.3 is 31.1 Å². The standard InChI is InChI=1S/C20H31F2N5O5/c1-25(11-12-28)17-14(21)16(24-13(20(29)30)7-3-4-8-23)19(27(31)32)18(15(17)22)26-9-5-2-6-10-26/h13,24,28H,2-12,23H2,1H3,(H,29,30)/t13-/m0/s1. The van der Waals surface area contributed by atoms with Crippen LogP contribution in [0.2, 0.25) is 0 Å². The van der Waals surface area contributed by atoms with Crippen LogP contribution in [0.5, 0.6) is 0 Å². The van der Waals surface area contributed by atoms with E-state index in [2.05, 4.69) is 5.32 Å². The third-order valence-corrected chi connectivity index (χ3v) is 5.54. The number of nitro groups is 1. The van der Waals surface area contributed by atoms with Crippen LogP contribution >= 0.6 is 0 Å². The number of nitrogens with zero attached hydrogens (tertiary/aromatic N) is 3. The lowest BCUT2D eigenvalue weighted by molar-refractivity contribution is -0.383. The molecule has 0 amide bonds. The van der Waals surface area contributed by atoms with E-state index >= 15 is 8.78 Å². The number of unbranched alkanes of at least 4 members (excludes halogenated alkanes) is 1. The van der Waals surface area contributed by atoms with Crippen LogP contribution in [0, 0.1) is 21.7 Å². The van der Waals surface area contributed by atoms with Crippen molar-refractivity contribution >= 4 is 28.7 Å². The average molecular weight is 459 g/mol. The molecule has 1 atom stereocenters. The van der Waals surface area contributed by atoms with Gasteiger partial charge in [0.05, 0.1) is 11.5 Å². The number of hydrogen-bond acceptors (Lipinski definition) is 8. The Labute approximate surface area is 185 Å². The van der Waals surface area contributed by atoms with Crippen LogP contribution in [-0.2, 0) is 4.79 Å². The molecule has 1 fully saturated rings. The lowest BCUT2D eigenvalue weighted by Crippen LogP contribution is -2.34. The Morgan fingerprint density at radius 3 is 2.47 bits per heavy atom. The van der Waals surface area contributed by atoms with Crippen LogP contribution in [-0.4, -0.2) is 67.0 Å². The SMILES string of the molecule is CN(CCO)c1c(F)c(N[C@@H](CCCCN)C(=O)O)c([N+](=O)[O-])c(N2CCCCC2)c1F. The van der Waals surface area contributed by atoms with Crippen LogP contribution in [0.4, 0.5) is 31.5 Å². The summed E-state index contributed by atoms with van der Waals surface area (Å²) in [6.07, 6.45) is 3.26. The van der Waals surface area contributed by atoms with Gasteiger partial charge >= 0.3 is 11.7 Å². The van der Waals surface area contributed by atoms with Gasteiger partial charge in [0.2, 0.25) is 0 Å². The number of rotatable bonds is 12. The highest BCUT2D eigenvalue weighted by Gasteiger charge is 2.37. The summed E-state index contributed by atoms with van der Waals surface area (Å²) in [5.74, 6) is -3.69. The highest BCUT2D eigenvalue weighted by molar-refractivity contribution is 5.87. The molecule has 180 valence electrons. The van der Waals surface area contributed by atoms with Crippen molar-refractivity contribution in [3.05, 3.63) is 21.7 Å². The summed E-state index contributed by atoms with van der Waals surface area (Å²) in [6.45, 7) is 0.525. The topological polar surface area (TPSA) is 145 Å². The number of nitrogens with two attached hydrogens (primary N) is 1. The zero-order valence-corrected chi connectivity index (χ0v) is 18.1. The molecule has 0 radical (unpaired) electrons. The van der Waals surface area contributed by atoms with Gasteiger partial charge in [0.15, 0.2) is 23.0 Å². The van der Waals surface area contributed by atoms with Crippen molar-refractivity contribution in [1.29, 1.82) is 0 Å². The van der Waals surface area contributed by atoms with Crippen molar-refractivity contribution in [3.8, 4) is 0 Å². The molecular formula is C20H31F2N5O5. The quantitative estimate of drug-likeness (QED) is 0.210. The number of carbonyl (C=O) groups is 1. The van der Waals surface area contributed by atoms with Gasteiger partial charge in [-0.05, 0) is 45.1 Å². The zero-order chi connectivity index (χ0) is 23.8. The van der Waals surface area contributed by atoms with Gasteiger partial charge in [0.25, 0.3) is 0 Å². The van der Waals surface area contributed by atoms with Crippen LogP contribution in [0.25, 0.3) is 0 Å². The number of aliphatic hydroxyl groups excluding tert-OH is 1. The number of halogens is 2. The molecule has 32 heavy (non-hydrogen) atoms. The van der Waals surface area contributed by atoms with Gasteiger partial charge in [0, 0.05) is 26.7 Å². The lowest BCUT2D eigenvalue weighted by atomic mass is 10.0. The van der Waals surface area contributed by atoms with Crippen molar-refractivity contribution in [2.75, 3.05) is 55.0 Å². The second-order valence-corrected chi connectivity index (χ2v) is 7.82. The van der Waals surface area contributed by atoms with E-state index in [-0.39, 0.29) is 18.7 Å². The molecule has 0 aliphatic carbocycles. The van der Waals surface area contributed by atoms with E-state index in [9.17, 15) is 25.1 Å². The van der Waals surface area contributed by atoms with Crippen LogP contribution in [0.1, 0.15) is 38.5 Å². The normalized spacial score (nSPS) is 14.8. The molecule has 1 aromatic carbocycles. The molecule has 1 saturated heterocycles. The maximum absolute atomic E-state index is 15.6. The number of anilines is 3. The van der Waals surface area contributed by atoms with E-state index in [1.807, 2.05) is 0 Å². The van der Waals surface area contributed by atoms with E-state index in [0.717, 1.165) is 11.3 Å². The third kappa shape index (κ3) is 5.74. The highest BCUT2D eigenvalue weighted by Crippen LogP contribution is 2.46. The molecule has 12 heteroatoms. The fraction of sp³-hybridized carbons (Fsp3) is 0.650. The van der Waals surface area contributed by atoms with Crippen LogP contribution in [0.3, 0.4) is 0 Å². The Hall–Kier alpha value is -2.73. The van der Waals surface area contributed by atoms with Crippen molar-refractivity contribution in [3.63, 3.8) is 0 Å². The summed E-state index contributed by atoms with van der Waals surface area (Å²) in [5, 5.41) is 33.3. The van der Waals surface area contributed by atoms with E-state index in [1.54, 1.807) is 0 Å². The molecule has 1 aromatic rings. The summed E-state index contributed by atoms with van der Waals surface area (Å²) in [4.78, 5) is 25.5. The van der Waals surface area contributed by atoms with Crippen molar-refractivity contribution < 1.29 is 28.7 Å². The largest absolute Gasteiger partial charge is 0.480 e. The minimum absolute atomic E-state index is 0.0569. The maximum atomic E-state index is 15.6.